The van der Waals surface area contributed by atoms with Gasteiger partial charge in [-0.15, -0.1) is 12.4 Å². The summed E-state index contributed by atoms with van der Waals surface area (Å²) in [7, 11) is 0. The number of carbonyl (C=O) groups is 2. The molecule has 0 aromatic heterocycles. The van der Waals surface area contributed by atoms with Crippen molar-refractivity contribution in [2.24, 2.45) is 11.7 Å². The molecule has 4 N–H and O–H groups in total. The van der Waals surface area contributed by atoms with Gasteiger partial charge < -0.3 is 16.4 Å². The Morgan fingerprint density at radius 2 is 1.63 bits per heavy atom. The molecule has 0 spiro atoms. The van der Waals surface area contributed by atoms with Crippen molar-refractivity contribution in [3.8, 4) is 0 Å². The first-order chi connectivity index (χ1) is 8.56. The monoisotopic (exact) mass is 283 g/mol. The van der Waals surface area contributed by atoms with Gasteiger partial charge in [0.1, 0.15) is 0 Å². The van der Waals surface area contributed by atoms with E-state index in [2.05, 4.69) is 10.6 Å². The Hall–Kier alpha value is -1.59. The molecule has 1 atom stereocenters. The lowest BCUT2D eigenvalue weighted by atomic mass is 10.2. The van der Waals surface area contributed by atoms with Crippen LogP contribution in [0.1, 0.15) is 19.8 Å². The number of amides is 2. The lowest BCUT2D eigenvalue weighted by Gasteiger charge is -2.09. The first-order valence-electron chi connectivity index (χ1n) is 6.03. The van der Waals surface area contributed by atoms with E-state index in [1.807, 2.05) is 0 Å². The maximum atomic E-state index is 11.5. The van der Waals surface area contributed by atoms with Crippen LogP contribution >= 0.6 is 12.4 Å². The third-order valence-corrected chi connectivity index (χ3v) is 2.78. The Morgan fingerprint density at radius 3 is 2.05 bits per heavy atom. The van der Waals surface area contributed by atoms with Crippen LogP contribution in [0.5, 0.6) is 0 Å². The van der Waals surface area contributed by atoms with Crippen LogP contribution in [-0.2, 0) is 9.59 Å². The fourth-order valence-electron chi connectivity index (χ4n) is 1.48. The smallest absolute Gasteiger partial charge is 0.240 e. The predicted octanol–water partition coefficient (Wildman–Crippen LogP) is 1.74. The Balaban J connectivity index is 0.00000180. The maximum Gasteiger partial charge on any atom is 0.240 e. The number of halogens is 1. The van der Waals surface area contributed by atoms with Crippen LogP contribution in [-0.4, -0.2) is 17.9 Å². The second-order valence-corrected chi connectivity index (χ2v) is 4.62. The quantitative estimate of drug-likeness (QED) is 0.787. The lowest BCUT2D eigenvalue weighted by Crippen LogP contribution is -2.32. The summed E-state index contributed by atoms with van der Waals surface area (Å²) in [6, 6.07) is 6.46. The summed E-state index contributed by atoms with van der Waals surface area (Å²) in [5, 5.41) is 5.51. The zero-order valence-corrected chi connectivity index (χ0v) is 11.5. The summed E-state index contributed by atoms with van der Waals surface area (Å²) in [5.41, 5.74) is 6.86. The van der Waals surface area contributed by atoms with Crippen LogP contribution < -0.4 is 16.4 Å². The standard InChI is InChI=1S/C13H17N3O2.ClH/c1-8(14)12(17)15-10-4-6-11(7-5-10)16-13(18)9-2-3-9;/h4-9H,2-3,14H2,1H3,(H,15,17)(H,16,18);1H/t8-;/m1./s1. The van der Waals surface area contributed by atoms with E-state index >= 15 is 0 Å². The highest BCUT2D eigenvalue weighted by Gasteiger charge is 2.29. The molecule has 0 bridgehead atoms. The molecule has 19 heavy (non-hydrogen) atoms. The normalized spacial score (nSPS) is 15.1. The number of nitrogens with two attached hydrogens (primary N) is 1. The number of nitrogens with one attached hydrogen (secondary N) is 2. The Bertz CT molecular complexity index is 420. The molecule has 6 heteroatoms. The van der Waals surface area contributed by atoms with Crippen molar-refractivity contribution in [3.05, 3.63) is 24.3 Å². The average Bonchev–Trinajstić information content (AvgIpc) is 3.15. The SMILES string of the molecule is C[C@@H](N)C(=O)Nc1ccc(NC(=O)C2CC2)cc1.Cl. The van der Waals surface area contributed by atoms with Crippen LogP contribution in [0, 0.1) is 5.92 Å². The topological polar surface area (TPSA) is 84.2 Å². The van der Waals surface area contributed by atoms with Crippen LogP contribution in [0.3, 0.4) is 0 Å². The molecule has 1 aliphatic carbocycles. The van der Waals surface area contributed by atoms with Gasteiger partial charge in [-0.25, -0.2) is 0 Å². The molecule has 1 saturated carbocycles. The lowest BCUT2D eigenvalue weighted by molar-refractivity contribution is -0.118. The van der Waals surface area contributed by atoms with Gasteiger partial charge in [0.2, 0.25) is 11.8 Å². The van der Waals surface area contributed by atoms with Crippen molar-refractivity contribution < 1.29 is 9.59 Å². The van der Waals surface area contributed by atoms with Crippen molar-refractivity contribution in [1.29, 1.82) is 0 Å². The van der Waals surface area contributed by atoms with E-state index in [0.717, 1.165) is 18.5 Å². The van der Waals surface area contributed by atoms with Gasteiger partial charge in [-0.2, -0.15) is 0 Å². The molecule has 1 fully saturated rings. The van der Waals surface area contributed by atoms with E-state index in [9.17, 15) is 9.59 Å². The van der Waals surface area contributed by atoms with E-state index in [1.54, 1.807) is 31.2 Å². The zero-order valence-electron chi connectivity index (χ0n) is 10.7. The van der Waals surface area contributed by atoms with Gasteiger partial charge in [0, 0.05) is 17.3 Å². The number of anilines is 2. The minimum atomic E-state index is -0.542. The molecular weight excluding hydrogens is 266 g/mol. The van der Waals surface area contributed by atoms with E-state index in [-0.39, 0.29) is 30.1 Å². The van der Waals surface area contributed by atoms with Gasteiger partial charge in [-0.05, 0) is 44.0 Å². The predicted molar refractivity (Wildman–Crippen MR) is 77.3 cm³/mol. The molecule has 0 aliphatic heterocycles. The molecule has 0 unspecified atom stereocenters. The fourth-order valence-corrected chi connectivity index (χ4v) is 1.48. The molecule has 2 rings (SSSR count). The molecule has 0 saturated heterocycles. The second-order valence-electron chi connectivity index (χ2n) is 4.62. The third kappa shape index (κ3) is 4.54. The Morgan fingerprint density at radius 1 is 1.16 bits per heavy atom. The van der Waals surface area contributed by atoms with Crippen LogP contribution in [0.2, 0.25) is 0 Å². The zero-order chi connectivity index (χ0) is 13.1. The van der Waals surface area contributed by atoms with Gasteiger partial charge >= 0.3 is 0 Å². The van der Waals surface area contributed by atoms with Crippen molar-refractivity contribution in [2.75, 3.05) is 10.6 Å². The summed E-state index contributed by atoms with van der Waals surface area (Å²) < 4.78 is 0. The van der Waals surface area contributed by atoms with Crippen molar-refractivity contribution in [2.45, 2.75) is 25.8 Å². The van der Waals surface area contributed by atoms with Gasteiger partial charge in [-0.1, -0.05) is 0 Å². The van der Waals surface area contributed by atoms with Crippen molar-refractivity contribution >= 4 is 35.6 Å². The molecule has 5 nitrogen and oxygen atoms in total. The molecule has 2 amide bonds. The van der Waals surface area contributed by atoms with Crippen LogP contribution in [0.15, 0.2) is 24.3 Å². The average molecular weight is 284 g/mol. The summed E-state index contributed by atoms with van der Waals surface area (Å²) in [6.07, 6.45) is 1.96. The summed E-state index contributed by atoms with van der Waals surface area (Å²) >= 11 is 0. The number of rotatable bonds is 4. The van der Waals surface area contributed by atoms with Crippen molar-refractivity contribution in [1.82, 2.24) is 0 Å². The highest BCUT2D eigenvalue weighted by Crippen LogP contribution is 2.30. The Labute approximate surface area is 118 Å². The first-order valence-corrected chi connectivity index (χ1v) is 6.03. The second kappa shape index (κ2) is 6.54. The van der Waals surface area contributed by atoms with Crippen LogP contribution in [0.25, 0.3) is 0 Å². The van der Waals surface area contributed by atoms with E-state index in [4.69, 9.17) is 5.73 Å². The maximum absolute atomic E-state index is 11.5. The van der Waals surface area contributed by atoms with Gasteiger partial charge in [0.25, 0.3) is 0 Å². The van der Waals surface area contributed by atoms with E-state index in [0.29, 0.717) is 5.69 Å². The fraction of sp³-hybridized carbons (Fsp3) is 0.385. The van der Waals surface area contributed by atoms with Gasteiger partial charge in [0.15, 0.2) is 0 Å². The molecule has 1 aliphatic rings. The number of carbonyl (C=O) groups excluding carboxylic acids is 2. The largest absolute Gasteiger partial charge is 0.326 e. The molecular formula is C13H18ClN3O2. The first kappa shape index (κ1) is 15.5. The number of hydrogen-bond acceptors (Lipinski definition) is 3. The summed E-state index contributed by atoms with van der Waals surface area (Å²) in [6.45, 7) is 1.62. The molecule has 104 valence electrons. The molecule has 1 aromatic carbocycles. The van der Waals surface area contributed by atoms with Crippen LogP contribution in [0.4, 0.5) is 11.4 Å². The number of hydrogen-bond donors (Lipinski definition) is 3. The minimum absolute atomic E-state index is 0. The van der Waals surface area contributed by atoms with Gasteiger partial charge in [-0.3, -0.25) is 9.59 Å². The highest BCUT2D eigenvalue weighted by molar-refractivity contribution is 5.96. The molecule has 1 aromatic rings. The minimum Gasteiger partial charge on any atom is -0.326 e. The van der Waals surface area contributed by atoms with Crippen molar-refractivity contribution in [3.63, 3.8) is 0 Å². The molecule has 0 heterocycles. The van der Waals surface area contributed by atoms with E-state index < -0.39 is 6.04 Å². The molecule has 0 radical (unpaired) electrons. The van der Waals surface area contributed by atoms with E-state index in [1.165, 1.54) is 0 Å². The number of benzene rings is 1. The third-order valence-electron chi connectivity index (χ3n) is 2.78. The summed E-state index contributed by atoms with van der Waals surface area (Å²) in [5.74, 6) is 0.0228. The Kier molecular flexibility index (Phi) is 5.32. The highest BCUT2D eigenvalue weighted by atomic mass is 35.5. The van der Waals surface area contributed by atoms with Gasteiger partial charge in [0.05, 0.1) is 6.04 Å². The summed E-state index contributed by atoms with van der Waals surface area (Å²) in [4.78, 5) is 22.9.